The highest BCUT2D eigenvalue weighted by molar-refractivity contribution is 5.96. The van der Waals surface area contributed by atoms with Crippen LogP contribution in [0.3, 0.4) is 0 Å². The van der Waals surface area contributed by atoms with E-state index in [0.717, 1.165) is 36.9 Å². The molecule has 4 aromatic rings. The summed E-state index contributed by atoms with van der Waals surface area (Å²) in [4.78, 5) is 21.5. The van der Waals surface area contributed by atoms with Crippen LogP contribution in [0.15, 0.2) is 66.7 Å². The minimum absolute atomic E-state index is 0.0119. The molecule has 2 aliphatic rings. The Balaban J connectivity index is 1.28. The molecule has 3 heterocycles. The molecule has 7 nitrogen and oxygen atoms in total. The number of imidazole rings is 1. The second-order valence-corrected chi connectivity index (χ2v) is 9.24. The van der Waals surface area contributed by atoms with Gasteiger partial charge in [-0.15, -0.1) is 0 Å². The van der Waals surface area contributed by atoms with Crippen molar-refractivity contribution < 1.29 is 14.6 Å². The molecule has 0 saturated carbocycles. The minimum Gasteiger partial charge on any atom is -0.506 e. The number of nitrogens with zero attached hydrogens (tertiary/aromatic N) is 3. The summed E-state index contributed by atoms with van der Waals surface area (Å²) in [5, 5.41) is 14.4. The summed E-state index contributed by atoms with van der Waals surface area (Å²) < 4.78 is 5.93. The third-order valence-electron chi connectivity index (χ3n) is 7.08. The number of benzene rings is 3. The Hall–Kier alpha value is -3.84. The molecule has 35 heavy (non-hydrogen) atoms. The van der Waals surface area contributed by atoms with Crippen LogP contribution >= 0.6 is 0 Å². The smallest absolute Gasteiger partial charge is 0.268 e. The topological polar surface area (TPSA) is 81.7 Å². The fourth-order valence-corrected chi connectivity index (χ4v) is 5.49. The summed E-state index contributed by atoms with van der Waals surface area (Å²) in [5.41, 5.74) is 3.92. The van der Waals surface area contributed by atoms with E-state index in [-0.39, 0.29) is 17.7 Å². The van der Waals surface area contributed by atoms with Crippen LogP contribution in [0.5, 0.6) is 11.5 Å². The molecular weight excluding hydrogens is 440 g/mol. The second-order valence-electron chi connectivity index (χ2n) is 9.24. The largest absolute Gasteiger partial charge is 0.506 e. The zero-order valence-corrected chi connectivity index (χ0v) is 19.6. The van der Waals surface area contributed by atoms with Gasteiger partial charge in [-0.25, -0.2) is 9.99 Å². The number of carbonyl (C=O) groups excluding carboxylic acids is 1. The third kappa shape index (κ3) is 3.82. The predicted octanol–water partition coefficient (Wildman–Crippen LogP) is 4.78. The molecule has 0 radical (unpaired) electrons. The fraction of sp³-hybridized carbons (Fsp3) is 0.286. The standard InChI is InChI=1S/C28H28N4O3/c1-2-35-25-16-19(11-12-22(25)27-29-23-9-6-10-24(33)26(23)30-27)28(34)32-20-13-14-31(32)21(17-20)15-18-7-4-3-5-8-18/h3-12,16,20-21,33H,2,13-15,17H2,1H3,(H,29,30). The molecule has 2 N–H and O–H groups in total. The molecule has 2 fully saturated rings. The lowest BCUT2D eigenvalue weighted by Crippen LogP contribution is -2.42. The first-order chi connectivity index (χ1) is 17.1. The highest BCUT2D eigenvalue weighted by Crippen LogP contribution is 2.38. The molecule has 7 heteroatoms. The number of ether oxygens (including phenoxy) is 1. The number of amides is 1. The number of hydrogen-bond donors (Lipinski definition) is 2. The average Bonchev–Trinajstić information content (AvgIpc) is 3.58. The lowest BCUT2D eigenvalue weighted by atomic mass is 9.97. The van der Waals surface area contributed by atoms with Gasteiger partial charge in [-0.2, -0.15) is 0 Å². The van der Waals surface area contributed by atoms with Crippen LogP contribution in [0, 0.1) is 0 Å². The third-order valence-corrected chi connectivity index (χ3v) is 7.08. The molecule has 3 aromatic carbocycles. The number of aromatic nitrogens is 2. The Morgan fingerprint density at radius 2 is 2.00 bits per heavy atom. The van der Waals surface area contributed by atoms with E-state index in [9.17, 15) is 9.90 Å². The number of para-hydroxylation sites is 1. The summed E-state index contributed by atoms with van der Waals surface area (Å²) in [6.07, 6.45) is 2.96. The summed E-state index contributed by atoms with van der Waals surface area (Å²) in [7, 11) is 0. The number of fused-ring (bicyclic) bond motifs is 3. The first-order valence-electron chi connectivity index (χ1n) is 12.2. The van der Waals surface area contributed by atoms with Gasteiger partial charge < -0.3 is 14.8 Å². The monoisotopic (exact) mass is 468 g/mol. The van der Waals surface area contributed by atoms with Crippen LogP contribution in [-0.2, 0) is 6.42 Å². The highest BCUT2D eigenvalue weighted by Gasteiger charge is 2.47. The van der Waals surface area contributed by atoms with Gasteiger partial charge in [0.1, 0.15) is 22.8 Å². The number of aromatic amines is 1. The van der Waals surface area contributed by atoms with Gasteiger partial charge in [0.2, 0.25) is 0 Å². The maximum atomic E-state index is 13.7. The van der Waals surface area contributed by atoms with Gasteiger partial charge in [-0.05, 0) is 62.1 Å². The van der Waals surface area contributed by atoms with E-state index in [1.54, 1.807) is 12.1 Å². The predicted molar refractivity (Wildman–Crippen MR) is 134 cm³/mol. The van der Waals surface area contributed by atoms with Crippen molar-refractivity contribution in [1.82, 2.24) is 20.0 Å². The lowest BCUT2D eigenvalue weighted by molar-refractivity contribution is 0.0197. The molecule has 0 aliphatic carbocycles. The number of phenols is 1. The molecule has 3 unspecified atom stereocenters. The van der Waals surface area contributed by atoms with Gasteiger partial charge in [-0.3, -0.25) is 9.80 Å². The number of phenolic OH excluding ortho intramolecular Hbond substituents is 1. The normalized spacial score (nSPS) is 21.1. The number of aromatic hydroxyl groups is 1. The van der Waals surface area contributed by atoms with Gasteiger partial charge in [0.05, 0.1) is 23.7 Å². The van der Waals surface area contributed by atoms with E-state index < -0.39 is 0 Å². The summed E-state index contributed by atoms with van der Waals surface area (Å²) in [6.45, 7) is 3.30. The summed E-state index contributed by atoms with van der Waals surface area (Å²) >= 11 is 0. The Morgan fingerprint density at radius 1 is 1.14 bits per heavy atom. The minimum atomic E-state index is 0.0119. The summed E-state index contributed by atoms with van der Waals surface area (Å²) in [6, 6.07) is 21.9. The first-order valence-corrected chi connectivity index (χ1v) is 12.2. The molecule has 3 atom stereocenters. The molecule has 2 aliphatic heterocycles. The Labute approximate surface area is 203 Å². The Bertz CT molecular complexity index is 1380. The van der Waals surface area contributed by atoms with Crippen molar-refractivity contribution in [1.29, 1.82) is 0 Å². The van der Waals surface area contributed by atoms with Crippen LogP contribution in [0.25, 0.3) is 22.4 Å². The number of nitrogens with one attached hydrogen (secondary N) is 1. The van der Waals surface area contributed by atoms with Crippen LogP contribution < -0.4 is 4.74 Å². The zero-order chi connectivity index (χ0) is 23.9. The van der Waals surface area contributed by atoms with Gasteiger partial charge in [0.25, 0.3) is 5.91 Å². The second kappa shape index (κ2) is 8.74. The van der Waals surface area contributed by atoms with Gasteiger partial charge in [-0.1, -0.05) is 36.4 Å². The number of carbonyl (C=O) groups is 1. The van der Waals surface area contributed by atoms with E-state index in [0.29, 0.717) is 35.3 Å². The van der Waals surface area contributed by atoms with Crippen LogP contribution in [0.1, 0.15) is 35.7 Å². The van der Waals surface area contributed by atoms with Crippen LogP contribution in [-0.4, -0.2) is 56.2 Å². The number of hydrogen-bond acceptors (Lipinski definition) is 5. The van der Waals surface area contributed by atoms with Crippen molar-refractivity contribution in [3.05, 3.63) is 77.9 Å². The molecule has 0 spiro atoms. The van der Waals surface area contributed by atoms with Crippen molar-refractivity contribution in [2.45, 2.75) is 38.3 Å². The van der Waals surface area contributed by atoms with E-state index in [2.05, 4.69) is 39.2 Å². The molecule has 2 saturated heterocycles. The van der Waals surface area contributed by atoms with Crippen molar-refractivity contribution in [2.75, 3.05) is 13.2 Å². The first kappa shape index (κ1) is 21.7. The SMILES string of the molecule is CCOc1cc(C(=O)N2C3CCN2C(Cc2ccccc2)C3)ccc1-c1nc2c(O)cccc2[nH]1. The number of H-pyrrole nitrogens is 1. The van der Waals surface area contributed by atoms with Gasteiger partial charge >= 0.3 is 0 Å². The Morgan fingerprint density at radius 3 is 2.80 bits per heavy atom. The molecule has 1 amide bonds. The quantitative estimate of drug-likeness (QED) is 0.426. The molecular formula is C28H28N4O3. The maximum Gasteiger partial charge on any atom is 0.268 e. The number of hydrazine groups is 1. The van der Waals surface area contributed by atoms with E-state index in [1.165, 1.54) is 5.56 Å². The zero-order valence-electron chi connectivity index (χ0n) is 19.6. The molecule has 2 bridgehead atoms. The molecule has 6 rings (SSSR count). The van der Waals surface area contributed by atoms with Crippen molar-refractivity contribution in [3.63, 3.8) is 0 Å². The van der Waals surface area contributed by atoms with Gasteiger partial charge in [0.15, 0.2) is 0 Å². The Kier molecular flexibility index (Phi) is 5.41. The van der Waals surface area contributed by atoms with Crippen LogP contribution in [0.2, 0.25) is 0 Å². The average molecular weight is 469 g/mol. The highest BCUT2D eigenvalue weighted by atomic mass is 16.5. The van der Waals surface area contributed by atoms with E-state index >= 15 is 0 Å². The van der Waals surface area contributed by atoms with E-state index in [4.69, 9.17) is 4.74 Å². The van der Waals surface area contributed by atoms with Crippen molar-refractivity contribution in [2.24, 2.45) is 0 Å². The molecule has 178 valence electrons. The summed E-state index contributed by atoms with van der Waals surface area (Å²) in [5.74, 6) is 1.33. The fourth-order valence-electron chi connectivity index (χ4n) is 5.49. The van der Waals surface area contributed by atoms with Gasteiger partial charge in [0, 0.05) is 18.2 Å². The van der Waals surface area contributed by atoms with Crippen LogP contribution in [0.4, 0.5) is 0 Å². The van der Waals surface area contributed by atoms with Crippen molar-refractivity contribution in [3.8, 4) is 22.9 Å². The molecule has 1 aromatic heterocycles. The lowest BCUT2D eigenvalue weighted by Gasteiger charge is -2.28. The number of rotatable bonds is 6. The van der Waals surface area contributed by atoms with E-state index in [1.807, 2.05) is 42.3 Å². The maximum absolute atomic E-state index is 13.7. The number of piperidine rings is 1. The van der Waals surface area contributed by atoms with Crippen molar-refractivity contribution >= 4 is 16.9 Å².